The number of aryl methyl sites for hydroxylation is 1. The molecule has 5 rings (SSSR count). The average Bonchev–Trinajstić information content (AvgIpc) is 3.02. The van der Waals surface area contributed by atoms with Crippen LogP contribution in [0.4, 0.5) is 8.78 Å². The van der Waals surface area contributed by atoms with Gasteiger partial charge in [0.1, 0.15) is 11.5 Å². The Hall–Kier alpha value is -2.82. The van der Waals surface area contributed by atoms with Crippen molar-refractivity contribution in [1.29, 1.82) is 0 Å². The van der Waals surface area contributed by atoms with Crippen LogP contribution in [-0.4, -0.2) is 15.3 Å². The SMILES string of the molecule is CCC(=O)c1nc(-c2ccc(F)c(F)c2)n2c1CCCCC2.C[C@@H]1CCCc2ccccc21.[HH]. The number of nitrogens with zero attached hydrogens (tertiary/aromatic N) is 2. The Labute approximate surface area is 196 Å². The first-order chi connectivity index (χ1) is 16.0. The number of rotatable bonds is 3. The maximum Gasteiger partial charge on any atom is 0.182 e. The minimum Gasteiger partial charge on any atom is -0.327 e. The summed E-state index contributed by atoms with van der Waals surface area (Å²) in [6, 6.07) is 12.6. The monoisotopic (exact) mass is 452 g/mol. The van der Waals surface area contributed by atoms with Crippen LogP contribution in [0.5, 0.6) is 0 Å². The molecule has 1 aromatic heterocycles. The summed E-state index contributed by atoms with van der Waals surface area (Å²) in [6.45, 7) is 4.90. The Morgan fingerprint density at radius 1 is 1.06 bits per heavy atom. The molecule has 0 fully saturated rings. The standard InChI is InChI=1S/C17H18F2N2O.C11H14.H2/c1-2-15(22)16-14-6-4-3-5-9-21(14)17(20-16)11-7-8-12(18)13(19)10-11;1-9-5-4-7-10-6-2-3-8-11(9)10;/h7-8,10H,2-6,9H2,1H3;2-3,6,8-9H,4-5,7H2,1H3;1H/t;9-;/m.1./s1. The van der Waals surface area contributed by atoms with Crippen molar-refractivity contribution in [3.8, 4) is 11.4 Å². The van der Waals surface area contributed by atoms with Crippen LogP contribution in [0.3, 0.4) is 0 Å². The maximum absolute atomic E-state index is 13.5. The molecule has 2 aromatic carbocycles. The molecule has 0 spiro atoms. The molecular weight excluding hydrogens is 418 g/mol. The maximum atomic E-state index is 13.5. The number of hydrogen-bond acceptors (Lipinski definition) is 2. The second kappa shape index (κ2) is 10.4. The van der Waals surface area contributed by atoms with Gasteiger partial charge in [0.05, 0.1) is 0 Å². The molecule has 2 heterocycles. The second-order valence-electron chi connectivity index (χ2n) is 9.09. The smallest absolute Gasteiger partial charge is 0.182 e. The van der Waals surface area contributed by atoms with E-state index in [0.717, 1.165) is 56.0 Å². The second-order valence-corrected chi connectivity index (χ2v) is 9.09. The number of hydrogen-bond donors (Lipinski definition) is 0. The number of aromatic nitrogens is 2. The van der Waals surface area contributed by atoms with E-state index in [9.17, 15) is 13.6 Å². The van der Waals surface area contributed by atoms with Crippen LogP contribution in [0.2, 0.25) is 0 Å². The molecule has 3 aromatic rings. The van der Waals surface area contributed by atoms with E-state index in [1.165, 1.54) is 25.3 Å². The van der Waals surface area contributed by atoms with Crippen molar-refractivity contribution in [3.63, 3.8) is 0 Å². The number of Topliss-reactive ketones (excluding diaryl/α,β-unsaturated/α-hetero) is 1. The van der Waals surface area contributed by atoms with Crippen molar-refractivity contribution < 1.29 is 15.0 Å². The fourth-order valence-corrected chi connectivity index (χ4v) is 4.96. The molecule has 0 N–H and O–H groups in total. The molecule has 176 valence electrons. The Bertz CT molecular complexity index is 1140. The predicted molar refractivity (Wildman–Crippen MR) is 130 cm³/mol. The van der Waals surface area contributed by atoms with Crippen molar-refractivity contribution in [3.05, 3.63) is 76.6 Å². The van der Waals surface area contributed by atoms with E-state index in [0.29, 0.717) is 23.5 Å². The third kappa shape index (κ3) is 5.07. The van der Waals surface area contributed by atoms with Crippen LogP contribution in [0, 0.1) is 11.6 Å². The molecule has 0 amide bonds. The molecule has 1 aliphatic heterocycles. The van der Waals surface area contributed by atoms with E-state index in [1.807, 2.05) is 11.5 Å². The highest BCUT2D eigenvalue weighted by molar-refractivity contribution is 5.96. The van der Waals surface area contributed by atoms with Crippen LogP contribution in [0.1, 0.15) is 87.0 Å². The summed E-state index contributed by atoms with van der Waals surface area (Å²) in [7, 11) is 0. The first kappa shape index (κ1) is 23.3. The van der Waals surface area contributed by atoms with E-state index in [1.54, 1.807) is 11.1 Å². The Kier molecular flexibility index (Phi) is 7.36. The van der Waals surface area contributed by atoms with Gasteiger partial charge < -0.3 is 4.57 Å². The van der Waals surface area contributed by atoms with E-state index in [4.69, 9.17) is 0 Å². The first-order valence-corrected chi connectivity index (χ1v) is 12.2. The number of imidazole rings is 1. The molecule has 0 radical (unpaired) electrons. The molecular formula is C28H34F2N2O. The molecule has 0 saturated carbocycles. The van der Waals surface area contributed by atoms with Crippen molar-refractivity contribution in [2.75, 3.05) is 0 Å². The lowest BCUT2D eigenvalue weighted by Crippen LogP contribution is -2.06. The summed E-state index contributed by atoms with van der Waals surface area (Å²) in [5, 5.41) is 0. The molecule has 1 atom stereocenters. The number of benzene rings is 2. The lowest BCUT2D eigenvalue weighted by molar-refractivity contribution is 0.0982. The van der Waals surface area contributed by atoms with Gasteiger partial charge in [-0.05, 0) is 73.8 Å². The van der Waals surface area contributed by atoms with E-state index >= 15 is 0 Å². The highest BCUT2D eigenvalue weighted by Gasteiger charge is 2.23. The van der Waals surface area contributed by atoms with Crippen molar-refractivity contribution in [1.82, 2.24) is 9.55 Å². The van der Waals surface area contributed by atoms with Gasteiger partial charge in [-0.1, -0.05) is 44.5 Å². The molecule has 0 saturated heterocycles. The lowest BCUT2D eigenvalue weighted by Gasteiger charge is -2.21. The summed E-state index contributed by atoms with van der Waals surface area (Å²) < 4.78 is 28.7. The van der Waals surface area contributed by atoms with Gasteiger partial charge in [0, 0.05) is 25.6 Å². The van der Waals surface area contributed by atoms with Gasteiger partial charge in [-0.25, -0.2) is 13.8 Å². The van der Waals surface area contributed by atoms with Gasteiger partial charge in [-0.15, -0.1) is 0 Å². The highest BCUT2D eigenvalue weighted by Crippen LogP contribution is 2.31. The van der Waals surface area contributed by atoms with Gasteiger partial charge in [0.25, 0.3) is 0 Å². The summed E-state index contributed by atoms with van der Waals surface area (Å²) in [6.07, 6.45) is 8.35. The molecule has 2 aliphatic rings. The Balaban J connectivity index is 0.000000227. The normalized spacial score (nSPS) is 17.3. The number of ketones is 1. The number of fused-ring (bicyclic) bond motifs is 2. The third-order valence-electron chi connectivity index (χ3n) is 6.80. The first-order valence-electron chi connectivity index (χ1n) is 12.2. The van der Waals surface area contributed by atoms with Crippen LogP contribution in [0.25, 0.3) is 11.4 Å². The third-order valence-corrected chi connectivity index (χ3v) is 6.80. The van der Waals surface area contributed by atoms with Crippen molar-refractivity contribution in [2.24, 2.45) is 0 Å². The predicted octanol–water partition coefficient (Wildman–Crippen LogP) is 7.52. The van der Waals surface area contributed by atoms with E-state index in [-0.39, 0.29) is 7.21 Å². The number of carbonyl (C=O) groups excluding carboxylic acids is 1. The topological polar surface area (TPSA) is 34.9 Å². The molecule has 0 unspecified atom stereocenters. The number of carbonyl (C=O) groups is 1. The summed E-state index contributed by atoms with van der Waals surface area (Å²) in [5.74, 6) is -0.421. The quantitative estimate of drug-likeness (QED) is 0.385. The van der Waals surface area contributed by atoms with E-state index < -0.39 is 11.6 Å². The summed E-state index contributed by atoms with van der Waals surface area (Å²) in [4.78, 5) is 16.6. The van der Waals surface area contributed by atoms with Crippen LogP contribution >= 0.6 is 0 Å². The highest BCUT2D eigenvalue weighted by atomic mass is 19.2. The average molecular weight is 453 g/mol. The van der Waals surface area contributed by atoms with Crippen LogP contribution in [-0.2, 0) is 19.4 Å². The van der Waals surface area contributed by atoms with Gasteiger partial charge in [-0.3, -0.25) is 4.79 Å². The van der Waals surface area contributed by atoms with Crippen LogP contribution in [0.15, 0.2) is 42.5 Å². The van der Waals surface area contributed by atoms with Crippen LogP contribution < -0.4 is 0 Å². The van der Waals surface area contributed by atoms with Gasteiger partial charge in [-0.2, -0.15) is 0 Å². The zero-order valence-corrected chi connectivity index (χ0v) is 19.5. The Morgan fingerprint density at radius 2 is 1.88 bits per heavy atom. The zero-order valence-electron chi connectivity index (χ0n) is 19.5. The van der Waals surface area contributed by atoms with Gasteiger partial charge in [0.15, 0.2) is 17.4 Å². The van der Waals surface area contributed by atoms with E-state index in [2.05, 4.69) is 36.2 Å². The fraction of sp³-hybridized carbons (Fsp3) is 0.429. The minimum atomic E-state index is -0.896. The van der Waals surface area contributed by atoms with Crippen molar-refractivity contribution in [2.45, 2.75) is 77.7 Å². The van der Waals surface area contributed by atoms with Crippen molar-refractivity contribution >= 4 is 5.78 Å². The van der Waals surface area contributed by atoms with Gasteiger partial charge in [0.2, 0.25) is 0 Å². The largest absolute Gasteiger partial charge is 0.327 e. The minimum absolute atomic E-state index is 0. The molecule has 3 nitrogen and oxygen atoms in total. The number of halogens is 2. The molecule has 1 aliphatic carbocycles. The molecule has 33 heavy (non-hydrogen) atoms. The molecule has 5 heteroatoms. The summed E-state index contributed by atoms with van der Waals surface area (Å²) in [5.41, 5.74) is 5.09. The molecule has 0 bridgehead atoms. The Morgan fingerprint density at radius 3 is 2.64 bits per heavy atom. The van der Waals surface area contributed by atoms with Gasteiger partial charge >= 0.3 is 0 Å². The summed E-state index contributed by atoms with van der Waals surface area (Å²) >= 11 is 0. The zero-order chi connectivity index (χ0) is 23.4. The lowest BCUT2D eigenvalue weighted by atomic mass is 9.84. The fourth-order valence-electron chi connectivity index (χ4n) is 4.96.